The number of hydrogen-bond donors (Lipinski definition) is 1. The number of hydrogen-bond acceptors (Lipinski definition) is 3. The highest BCUT2D eigenvalue weighted by Gasteiger charge is 2.20. The van der Waals surface area contributed by atoms with E-state index in [2.05, 4.69) is 25.2 Å². The van der Waals surface area contributed by atoms with Gasteiger partial charge in [-0.15, -0.1) is 0 Å². The maximum absolute atomic E-state index is 6.08. The Balaban J connectivity index is 1.80. The summed E-state index contributed by atoms with van der Waals surface area (Å²) in [7, 11) is 0. The van der Waals surface area contributed by atoms with Crippen LogP contribution in [0.25, 0.3) is 0 Å². The minimum absolute atomic E-state index is 0.440. The van der Waals surface area contributed by atoms with E-state index in [4.69, 9.17) is 9.15 Å². The first-order valence-corrected chi connectivity index (χ1v) is 8.09. The fourth-order valence-corrected chi connectivity index (χ4v) is 2.94. The second-order valence-corrected chi connectivity index (χ2v) is 6.18. The normalized spacial score (nSPS) is 23.1. The van der Waals surface area contributed by atoms with Crippen LogP contribution in [0, 0.1) is 12.8 Å². The Kier molecular flexibility index (Phi) is 6.11. The average Bonchev–Trinajstić information content (AvgIpc) is 2.77. The predicted molar refractivity (Wildman–Crippen MR) is 81.7 cm³/mol. The first kappa shape index (κ1) is 15.6. The molecule has 2 atom stereocenters. The van der Waals surface area contributed by atoms with Crippen molar-refractivity contribution < 1.29 is 9.15 Å². The summed E-state index contributed by atoms with van der Waals surface area (Å²) < 4.78 is 11.9. The Bertz CT molecular complexity index is 400. The first-order valence-electron chi connectivity index (χ1n) is 8.09. The van der Waals surface area contributed by atoms with Crippen molar-refractivity contribution in [1.82, 2.24) is 5.32 Å². The van der Waals surface area contributed by atoms with Crippen molar-refractivity contribution in [3.63, 3.8) is 0 Å². The van der Waals surface area contributed by atoms with E-state index in [1.807, 2.05) is 6.92 Å². The fraction of sp³-hybridized carbons (Fsp3) is 0.765. The van der Waals surface area contributed by atoms with Crippen LogP contribution in [0.4, 0.5) is 0 Å². The van der Waals surface area contributed by atoms with Crippen molar-refractivity contribution in [3.8, 4) is 0 Å². The van der Waals surface area contributed by atoms with Crippen LogP contribution in [0.15, 0.2) is 10.5 Å². The van der Waals surface area contributed by atoms with Gasteiger partial charge in [0.25, 0.3) is 0 Å². The minimum Gasteiger partial charge on any atom is -0.465 e. The van der Waals surface area contributed by atoms with Gasteiger partial charge in [0.2, 0.25) is 0 Å². The highest BCUT2D eigenvalue weighted by Crippen LogP contribution is 2.27. The molecule has 1 saturated carbocycles. The van der Waals surface area contributed by atoms with Crippen molar-refractivity contribution >= 4 is 0 Å². The van der Waals surface area contributed by atoms with E-state index in [9.17, 15) is 0 Å². The summed E-state index contributed by atoms with van der Waals surface area (Å²) in [5.74, 6) is 2.83. The van der Waals surface area contributed by atoms with Gasteiger partial charge in [-0.25, -0.2) is 0 Å². The molecule has 1 aromatic heterocycles. The molecule has 0 bridgehead atoms. The van der Waals surface area contributed by atoms with E-state index in [0.717, 1.165) is 36.9 Å². The molecule has 0 aliphatic heterocycles. The lowest BCUT2D eigenvalue weighted by atomic mass is 9.89. The molecule has 114 valence electrons. The Morgan fingerprint density at radius 2 is 2.25 bits per heavy atom. The topological polar surface area (TPSA) is 34.4 Å². The SMILES string of the molecule is CCCNCc1cc(COC2CCCC(C)C2)c(C)o1. The van der Waals surface area contributed by atoms with Crippen LogP contribution in [-0.2, 0) is 17.9 Å². The van der Waals surface area contributed by atoms with E-state index in [0.29, 0.717) is 12.7 Å². The Labute approximate surface area is 123 Å². The molecule has 20 heavy (non-hydrogen) atoms. The average molecular weight is 279 g/mol. The maximum Gasteiger partial charge on any atom is 0.118 e. The number of nitrogens with one attached hydrogen (secondary N) is 1. The van der Waals surface area contributed by atoms with Crippen LogP contribution in [0.3, 0.4) is 0 Å². The molecule has 1 aliphatic rings. The van der Waals surface area contributed by atoms with Crippen LogP contribution in [-0.4, -0.2) is 12.6 Å². The van der Waals surface area contributed by atoms with Crippen LogP contribution < -0.4 is 5.32 Å². The van der Waals surface area contributed by atoms with Crippen LogP contribution in [0.5, 0.6) is 0 Å². The van der Waals surface area contributed by atoms with E-state index in [-0.39, 0.29) is 0 Å². The highest BCUT2D eigenvalue weighted by molar-refractivity contribution is 5.20. The van der Waals surface area contributed by atoms with Gasteiger partial charge in [0.1, 0.15) is 11.5 Å². The second kappa shape index (κ2) is 7.84. The Morgan fingerprint density at radius 3 is 3.00 bits per heavy atom. The van der Waals surface area contributed by atoms with Gasteiger partial charge in [-0.1, -0.05) is 26.7 Å². The van der Waals surface area contributed by atoms with Crippen LogP contribution in [0.1, 0.15) is 63.0 Å². The summed E-state index contributed by atoms with van der Waals surface area (Å²) in [6.07, 6.45) is 6.68. The summed E-state index contributed by atoms with van der Waals surface area (Å²) >= 11 is 0. The van der Waals surface area contributed by atoms with Crippen molar-refractivity contribution in [1.29, 1.82) is 0 Å². The molecule has 1 heterocycles. The number of ether oxygens (including phenoxy) is 1. The summed E-state index contributed by atoms with van der Waals surface area (Å²) in [4.78, 5) is 0. The molecular weight excluding hydrogens is 250 g/mol. The van der Waals surface area contributed by atoms with Gasteiger partial charge in [0, 0.05) is 5.56 Å². The van der Waals surface area contributed by atoms with E-state index < -0.39 is 0 Å². The highest BCUT2D eigenvalue weighted by atomic mass is 16.5. The third kappa shape index (κ3) is 4.64. The van der Waals surface area contributed by atoms with Gasteiger partial charge in [0.15, 0.2) is 0 Å². The van der Waals surface area contributed by atoms with E-state index in [1.54, 1.807) is 0 Å². The number of rotatable bonds is 7. The minimum atomic E-state index is 0.440. The first-order chi connectivity index (χ1) is 9.69. The molecule has 1 N–H and O–H groups in total. The van der Waals surface area contributed by atoms with Gasteiger partial charge in [-0.05, 0) is 44.7 Å². The second-order valence-electron chi connectivity index (χ2n) is 6.18. The molecule has 3 heteroatoms. The lowest BCUT2D eigenvalue weighted by molar-refractivity contribution is 0.00423. The van der Waals surface area contributed by atoms with Crippen molar-refractivity contribution in [2.45, 2.75) is 72.1 Å². The zero-order valence-electron chi connectivity index (χ0n) is 13.2. The quantitative estimate of drug-likeness (QED) is 0.760. The monoisotopic (exact) mass is 279 g/mol. The van der Waals surface area contributed by atoms with Gasteiger partial charge >= 0.3 is 0 Å². The molecule has 3 nitrogen and oxygen atoms in total. The zero-order valence-corrected chi connectivity index (χ0v) is 13.2. The summed E-state index contributed by atoms with van der Waals surface area (Å²) in [5.41, 5.74) is 1.21. The van der Waals surface area contributed by atoms with Gasteiger partial charge in [-0.3, -0.25) is 0 Å². The third-order valence-electron chi connectivity index (χ3n) is 4.16. The Hall–Kier alpha value is -0.800. The molecule has 0 spiro atoms. The van der Waals surface area contributed by atoms with Crippen LogP contribution in [0.2, 0.25) is 0 Å². The molecule has 0 amide bonds. The third-order valence-corrected chi connectivity index (χ3v) is 4.16. The summed E-state index contributed by atoms with van der Waals surface area (Å²) in [6, 6.07) is 2.14. The standard InChI is InChI=1S/C17H29NO2/c1-4-8-18-11-17-10-15(14(3)20-17)12-19-16-7-5-6-13(2)9-16/h10,13,16,18H,4-9,11-12H2,1-3H3. The maximum atomic E-state index is 6.08. The predicted octanol–water partition coefficient (Wildman–Crippen LogP) is 4.18. The number of furan rings is 1. The molecular formula is C17H29NO2. The lowest BCUT2D eigenvalue weighted by Gasteiger charge is -2.26. The largest absolute Gasteiger partial charge is 0.465 e. The van der Waals surface area contributed by atoms with Gasteiger partial charge in [0.05, 0.1) is 19.3 Å². The number of aryl methyl sites for hydroxylation is 1. The van der Waals surface area contributed by atoms with Crippen molar-refractivity contribution in [2.75, 3.05) is 6.54 Å². The van der Waals surface area contributed by atoms with Crippen LogP contribution >= 0.6 is 0 Å². The Morgan fingerprint density at radius 1 is 1.40 bits per heavy atom. The molecule has 0 aromatic carbocycles. The fourth-order valence-electron chi connectivity index (χ4n) is 2.94. The molecule has 1 aromatic rings. The lowest BCUT2D eigenvalue weighted by Crippen LogP contribution is -2.21. The molecule has 2 rings (SSSR count). The zero-order chi connectivity index (χ0) is 14.4. The van der Waals surface area contributed by atoms with Crippen molar-refractivity contribution in [3.05, 3.63) is 23.2 Å². The summed E-state index contributed by atoms with van der Waals surface area (Å²) in [6.45, 7) is 9.08. The molecule has 1 aliphatic carbocycles. The van der Waals surface area contributed by atoms with E-state index in [1.165, 1.54) is 31.2 Å². The van der Waals surface area contributed by atoms with Crippen molar-refractivity contribution in [2.24, 2.45) is 5.92 Å². The van der Waals surface area contributed by atoms with E-state index >= 15 is 0 Å². The molecule has 1 fully saturated rings. The molecule has 2 unspecified atom stereocenters. The van der Waals surface area contributed by atoms with Gasteiger partial charge in [-0.2, -0.15) is 0 Å². The molecule has 0 radical (unpaired) electrons. The summed E-state index contributed by atoms with van der Waals surface area (Å²) in [5, 5.41) is 3.37. The smallest absolute Gasteiger partial charge is 0.118 e. The van der Waals surface area contributed by atoms with Gasteiger partial charge < -0.3 is 14.5 Å². The molecule has 0 saturated heterocycles.